The molecule has 8 heteroatoms. The molecule has 1 aliphatic heterocycles. The Labute approximate surface area is 174 Å². The number of aryl methyl sites for hydroxylation is 1. The molecule has 0 aromatic carbocycles. The summed E-state index contributed by atoms with van der Waals surface area (Å²) in [7, 11) is 4.04. The van der Waals surface area contributed by atoms with Crippen LogP contribution < -0.4 is 10.6 Å². The van der Waals surface area contributed by atoms with Crippen molar-refractivity contribution in [2.75, 3.05) is 39.8 Å². The van der Waals surface area contributed by atoms with E-state index in [0.717, 1.165) is 37.0 Å². The molecule has 3 N–H and O–H groups in total. The molecule has 7 nitrogen and oxygen atoms in total. The van der Waals surface area contributed by atoms with Crippen LogP contribution in [0.3, 0.4) is 0 Å². The summed E-state index contributed by atoms with van der Waals surface area (Å²) < 4.78 is 1.69. The largest absolute Gasteiger partial charge is 0.383 e. The van der Waals surface area contributed by atoms with Crippen LogP contribution in [0.2, 0.25) is 0 Å². The lowest BCUT2D eigenvalue weighted by Gasteiger charge is -2.29. The van der Waals surface area contributed by atoms with Crippen molar-refractivity contribution in [2.45, 2.75) is 38.7 Å². The lowest BCUT2D eigenvalue weighted by atomic mass is 9.94. The van der Waals surface area contributed by atoms with E-state index in [1.807, 2.05) is 20.2 Å². The van der Waals surface area contributed by atoms with Gasteiger partial charge < -0.3 is 20.6 Å². The van der Waals surface area contributed by atoms with Gasteiger partial charge >= 0.3 is 0 Å². The second-order valence-electron chi connectivity index (χ2n) is 7.33. The molecule has 1 saturated heterocycles. The van der Waals surface area contributed by atoms with Gasteiger partial charge in [0.15, 0.2) is 5.96 Å². The number of likely N-dealkylation sites (tertiary alicyclic amines) is 1. The van der Waals surface area contributed by atoms with Crippen molar-refractivity contribution in [1.82, 2.24) is 25.3 Å². The highest BCUT2D eigenvalue weighted by atomic mass is 127. The predicted molar refractivity (Wildman–Crippen MR) is 117 cm³/mol. The minimum absolute atomic E-state index is 0. The number of halogens is 1. The molecule has 1 unspecified atom stereocenters. The molecule has 0 spiro atoms. The maximum atomic E-state index is 10.6. The first-order valence-electron chi connectivity index (χ1n) is 9.33. The minimum atomic E-state index is -1.02. The summed E-state index contributed by atoms with van der Waals surface area (Å²) >= 11 is 0. The van der Waals surface area contributed by atoms with E-state index in [4.69, 9.17) is 0 Å². The van der Waals surface area contributed by atoms with Crippen LogP contribution in [-0.2, 0) is 12.6 Å². The summed E-state index contributed by atoms with van der Waals surface area (Å²) in [6.45, 7) is 8.23. The van der Waals surface area contributed by atoms with E-state index >= 15 is 0 Å². The normalized spacial score (nSPS) is 18.9. The molecule has 1 aromatic heterocycles. The number of hydrogen-bond acceptors (Lipinski definition) is 4. The van der Waals surface area contributed by atoms with Crippen LogP contribution >= 0.6 is 24.0 Å². The molecule has 0 saturated carbocycles. The number of aliphatic hydroxyl groups is 1. The van der Waals surface area contributed by atoms with E-state index < -0.39 is 5.60 Å². The average Bonchev–Trinajstić information content (AvgIpc) is 3.02. The lowest BCUT2D eigenvalue weighted by molar-refractivity contribution is 0.0671. The molecule has 2 rings (SSSR count). The SMILES string of the molecule is CCNC(=NCC(C)(O)c1cnn(C)c1)NCCC1CCN(C)CC1.I. The summed E-state index contributed by atoms with van der Waals surface area (Å²) in [5.74, 6) is 1.56. The monoisotopic (exact) mass is 478 g/mol. The number of piperidine rings is 1. The molecule has 2 heterocycles. The lowest BCUT2D eigenvalue weighted by Crippen LogP contribution is -2.40. The smallest absolute Gasteiger partial charge is 0.191 e. The summed E-state index contributed by atoms with van der Waals surface area (Å²) in [5.41, 5.74) is -0.245. The molecule has 1 aliphatic rings. The fraction of sp³-hybridized carbons (Fsp3) is 0.778. The molecule has 0 radical (unpaired) electrons. The van der Waals surface area contributed by atoms with Gasteiger partial charge in [0.2, 0.25) is 0 Å². The zero-order valence-corrected chi connectivity index (χ0v) is 18.9. The van der Waals surface area contributed by atoms with Crippen LogP contribution in [0.4, 0.5) is 0 Å². The molecular formula is C18H35IN6O. The second-order valence-corrected chi connectivity index (χ2v) is 7.33. The molecule has 0 amide bonds. The van der Waals surface area contributed by atoms with E-state index in [-0.39, 0.29) is 24.0 Å². The number of guanidine groups is 1. The van der Waals surface area contributed by atoms with Gasteiger partial charge in [0.25, 0.3) is 0 Å². The highest BCUT2D eigenvalue weighted by Gasteiger charge is 2.24. The molecule has 1 aromatic rings. The quantitative estimate of drug-likeness (QED) is 0.315. The third kappa shape index (κ3) is 7.40. The van der Waals surface area contributed by atoms with Gasteiger partial charge in [-0.05, 0) is 59.2 Å². The summed E-state index contributed by atoms with van der Waals surface area (Å²) in [6.07, 6.45) is 7.24. The Morgan fingerprint density at radius 1 is 1.35 bits per heavy atom. The summed E-state index contributed by atoms with van der Waals surface area (Å²) in [5, 5.41) is 21.4. The standard InChI is InChI=1S/C18H34N6O.HI/c1-5-19-17(20-9-6-15-7-10-23(3)11-8-15)21-14-18(2,25)16-12-22-24(4)13-16;/h12-13,15,25H,5-11,14H2,1-4H3,(H2,19,20,21);1H. The maximum absolute atomic E-state index is 10.6. The fourth-order valence-corrected chi connectivity index (χ4v) is 3.11. The first-order chi connectivity index (χ1) is 11.9. The maximum Gasteiger partial charge on any atom is 0.191 e. The van der Waals surface area contributed by atoms with Crippen LogP contribution in [0.25, 0.3) is 0 Å². The topological polar surface area (TPSA) is 77.7 Å². The molecule has 1 atom stereocenters. The van der Waals surface area contributed by atoms with E-state index in [1.54, 1.807) is 17.8 Å². The van der Waals surface area contributed by atoms with Crippen molar-refractivity contribution in [3.8, 4) is 0 Å². The van der Waals surface area contributed by atoms with Gasteiger partial charge in [-0.25, -0.2) is 4.99 Å². The van der Waals surface area contributed by atoms with Crippen molar-refractivity contribution in [1.29, 1.82) is 0 Å². The van der Waals surface area contributed by atoms with Crippen LogP contribution in [0.5, 0.6) is 0 Å². The number of aromatic nitrogens is 2. The Morgan fingerprint density at radius 3 is 2.62 bits per heavy atom. The second kappa shape index (κ2) is 11.1. The molecular weight excluding hydrogens is 443 g/mol. The molecule has 150 valence electrons. The fourth-order valence-electron chi connectivity index (χ4n) is 3.11. The molecule has 26 heavy (non-hydrogen) atoms. The van der Waals surface area contributed by atoms with E-state index in [1.165, 1.54) is 25.9 Å². The van der Waals surface area contributed by atoms with Crippen molar-refractivity contribution in [2.24, 2.45) is 18.0 Å². The third-order valence-corrected chi connectivity index (χ3v) is 4.90. The summed E-state index contributed by atoms with van der Waals surface area (Å²) in [6, 6.07) is 0. The van der Waals surface area contributed by atoms with Crippen LogP contribution in [-0.4, -0.2) is 65.5 Å². The van der Waals surface area contributed by atoms with E-state index in [2.05, 4.69) is 32.7 Å². The van der Waals surface area contributed by atoms with Gasteiger partial charge in [0.1, 0.15) is 5.60 Å². The van der Waals surface area contributed by atoms with Gasteiger partial charge in [-0.15, -0.1) is 24.0 Å². The highest BCUT2D eigenvalue weighted by Crippen LogP contribution is 2.20. The van der Waals surface area contributed by atoms with Gasteiger partial charge in [-0.3, -0.25) is 4.68 Å². The number of nitrogens with one attached hydrogen (secondary N) is 2. The van der Waals surface area contributed by atoms with Crippen LogP contribution in [0.1, 0.15) is 38.7 Å². The Morgan fingerprint density at radius 2 is 2.04 bits per heavy atom. The van der Waals surface area contributed by atoms with Crippen molar-refractivity contribution in [3.05, 3.63) is 18.0 Å². The molecule has 1 fully saturated rings. The summed E-state index contributed by atoms with van der Waals surface area (Å²) in [4.78, 5) is 6.96. The minimum Gasteiger partial charge on any atom is -0.383 e. The Kier molecular flexibility index (Phi) is 9.88. The van der Waals surface area contributed by atoms with E-state index in [0.29, 0.717) is 6.54 Å². The third-order valence-electron chi connectivity index (χ3n) is 4.90. The highest BCUT2D eigenvalue weighted by molar-refractivity contribution is 14.0. The Bertz CT molecular complexity index is 552. The predicted octanol–water partition coefficient (Wildman–Crippen LogP) is 1.53. The molecule has 0 aliphatic carbocycles. The number of aliphatic imine (C=N–C) groups is 1. The zero-order chi connectivity index (χ0) is 18.3. The van der Waals surface area contributed by atoms with Crippen molar-refractivity contribution in [3.63, 3.8) is 0 Å². The Hall–Kier alpha value is -0.870. The van der Waals surface area contributed by atoms with Crippen LogP contribution in [0.15, 0.2) is 17.4 Å². The Balaban J connectivity index is 0.00000338. The van der Waals surface area contributed by atoms with Crippen molar-refractivity contribution < 1.29 is 5.11 Å². The number of nitrogens with zero attached hydrogens (tertiary/aromatic N) is 4. The first kappa shape index (κ1) is 23.2. The van der Waals surface area contributed by atoms with Gasteiger partial charge in [0, 0.05) is 31.9 Å². The molecule has 0 bridgehead atoms. The van der Waals surface area contributed by atoms with Gasteiger partial charge in [-0.1, -0.05) is 0 Å². The van der Waals surface area contributed by atoms with E-state index in [9.17, 15) is 5.11 Å². The average molecular weight is 478 g/mol. The number of rotatable bonds is 7. The first-order valence-corrected chi connectivity index (χ1v) is 9.33. The van der Waals surface area contributed by atoms with Gasteiger partial charge in [0.05, 0.1) is 12.7 Å². The zero-order valence-electron chi connectivity index (χ0n) is 16.5. The number of hydrogen-bond donors (Lipinski definition) is 3. The van der Waals surface area contributed by atoms with Crippen molar-refractivity contribution >= 4 is 29.9 Å². The van der Waals surface area contributed by atoms with Crippen LogP contribution in [0, 0.1) is 5.92 Å². The van der Waals surface area contributed by atoms with Gasteiger partial charge in [-0.2, -0.15) is 5.10 Å².